The fourth-order valence-electron chi connectivity index (χ4n) is 5.65. The molecule has 0 aliphatic heterocycles. The van der Waals surface area contributed by atoms with Gasteiger partial charge in [0.25, 0.3) is 0 Å². The number of aliphatic hydroxyl groups is 2. The van der Waals surface area contributed by atoms with E-state index >= 15 is 0 Å². The van der Waals surface area contributed by atoms with Crippen LogP contribution in [0.1, 0.15) is 53.4 Å². The maximum Gasteiger partial charge on any atom is 0.389 e. The van der Waals surface area contributed by atoms with Gasteiger partial charge >= 0.3 is 31.9 Å². The largest absolute Gasteiger partial charge is 0.436 e. The number of rotatable bonds is 29. The second-order valence-corrected chi connectivity index (χ2v) is 35.3. The first kappa shape index (κ1) is 49.5. The van der Waals surface area contributed by atoms with Crippen LogP contribution in [0.15, 0.2) is 0 Å². The maximum atomic E-state index is 13.2. The summed E-state index contributed by atoms with van der Waals surface area (Å²) in [4.78, 5) is 0. The SMILES string of the molecule is CC(O)COC(C)COCCC[Si](C)(C)O[Si](C)(C)O[Si](C)(CCCC(F)(F)F)O[Si](C)(C)O[Si](C)(C)CCCOCC(C)OCC(C)O. The van der Waals surface area contributed by atoms with Gasteiger partial charge in [-0.3, -0.25) is 0 Å². The molecule has 18 heteroatoms. The Morgan fingerprint density at radius 2 is 0.898 bits per heavy atom. The smallest absolute Gasteiger partial charge is 0.389 e. The first-order valence-corrected chi connectivity index (χ1v) is 32.2. The van der Waals surface area contributed by atoms with Crippen LogP contribution in [0.25, 0.3) is 0 Å². The summed E-state index contributed by atoms with van der Waals surface area (Å²) < 4.78 is 89.1. The van der Waals surface area contributed by atoms with E-state index in [0.29, 0.717) is 26.4 Å². The molecule has 0 aromatic carbocycles. The molecule has 0 fully saturated rings. The van der Waals surface area contributed by atoms with Crippen LogP contribution < -0.4 is 0 Å². The monoisotopic (exact) mass is 800 g/mol. The van der Waals surface area contributed by atoms with Gasteiger partial charge in [0, 0.05) is 19.6 Å². The van der Waals surface area contributed by atoms with E-state index in [2.05, 4.69) is 26.2 Å². The van der Waals surface area contributed by atoms with Crippen LogP contribution in [0.4, 0.5) is 13.2 Å². The molecule has 10 nitrogen and oxygen atoms in total. The van der Waals surface area contributed by atoms with Gasteiger partial charge in [0.05, 0.1) is 50.8 Å². The highest BCUT2D eigenvalue weighted by molar-refractivity contribution is 6.90. The molecule has 0 spiro atoms. The number of ether oxygens (including phenoxy) is 4. The summed E-state index contributed by atoms with van der Waals surface area (Å²) in [6, 6.07) is 1.87. The molecule has 0 rings (SSSR count). The lowest BCUT2D eigenvalue weighted by Crippen LogP contribution is -2.59. The summed E-state index contributed by atoms with van der Waals surface area (Å²) in [7, 11) is -13.2. The Morgan fingerprint density at radius 3 is 1.22 bits per heavy atom. The number of halogens is 3. The van der Waals surface area contributed by atoms with Crippen LogP contribution in [0, 0.1) is 0 Å². The first-order valence-electron chi connectivity index (χ1n) is 17.8. The molecule has 296 valence electrons. The minimum atomic E-state index is -4.25. The van der Waals surface area contributed by atoms with E-state index in [1.165, 1.54) is 0 Å². The normalized spacial score (nSPS) is 17.5. The Balaban J connectivity index is 5.26. The molecule has 0 saturated heterocycles. The zero-order chi connectivity index (χ0) is 38.2. The van der Waals surface area contributed by atoms with Crippen molar-refractivity contribution in [1.29, 1.82) is 0 Å². The molecular weight excluding hydrogens is 730 g/mol. The van der Waals surface area contributed by atoms with Crippen molar-refractivity contribution in [3.8, 4) is 0 Å². The Labute approximate surface area is 301 Å². The van der Waals surface area contributed by atoms with E-state index < -0.39 is 67.1 Å². The molecule has 0 amide bonds. The van der Waals surface area contributed by atoms with Crippen molar-refractivity contribution in [3.05, 3.63) is 0 Å². The lowest BCUT2D eigenvalue weighted by molar-refractivity contribution is -0.134. The van der Waals surface area contributed by atoms with Crippen molar-refractivity contribution < 1.29 is 58.8 Å². The highest BCUT2D eigenvalue weighted by Crippen LogP contribution is 2.33. The predicted molar refractivity (Wildman–Crippen MR) is 201 cm³/mol. The third-order valence-electron chi connectivity index (χ3n) is 7.14. The van der Waals surface area contributed by atoms with Gasteiger partial charge in [0.1, 0.15) is 0 Å². The van der Waals surface area contributed by atoms with Crippen LogP contribution in [0.3, 0.4) is 0 Å². The van der Waals surface area contributed by atoms with Gasteiger partial charge in [-0.15, -0.1) is 0 Å². The van der Waals surface area contributed by atoms with Crippen molar-refractivity contribution in [2.24, 2.45) is 0 Å². The van der Waals surface area contributed by atoms with Crippen molar-refractivity contribution in [2.75, 3.05) is 39.6 Å². The van der Waals surface area contributed by atoms with Crippen molar-refractivity contribution >= 4 is 42.3 Å². The van der Waals surface area contributed by atoms with Gasteiger partial charge in [-0.25, -0.2) is 0 Å². The van der Waals surface area contributed by atoms with Gasteiger partial charge in [-0.2, -0.15) is 13.2 Å². The minimum absolute atomic E-state index is 0.0732. The molecule has 4 atom stereocenters. The average molecular weight is 801 g/mol. The highest BCUT2D eigenvalue weighted by Gasteiger charge is 2.48. The van der Waals surface area contributed by atoms with Crippen molar-refractivity contribution in [2.45, 2.75) is 161 Å². The molecule has 0 radical (unpaired) electrons. The lowest BCUT2D eigenvalue weighted by atomic mass is 10.3. The van der Waals surface area contributed by atoms with Gasteiger partial charge in [0.15, 0.2) is 16.6 Å². The Bertz CT molecular complexity index is 827. The van der Waals surface area contributed by atoms with E-state index in [4.69, 9.17) is 35.4 Å². The molecule has 0 saturated carbocycles. The number of hydrogen-bond donors (Lipinski definition) is 2. The molecule has 0 aliphatic rings. The summed E-state index contributed by atoms with van der Waals surface area (Å²) in [5, 5.41) is 18.7. The highest BCUT2D eigenvalue weighted by atomic mass is 28.5. The van der Waals surface area contributed by atoms with E-state index in [-0.39, 0.29) is 37.9 Å². The molecule has 0 aromatic heterocycles. The van der Waals surface area contributed by atoms with Crippen LogP contribution in [-0.4, -0.2) is 123 Å². The fraction of sp³-hybridized carbons (Fsp3) is 1.00. The molecule has 0 aromatic rings. The maximum absolute atomic E-state index is 13.2. The van der Waals surface area contributed by atoms with E-state index in [0.717, 1.165) is 24.9 Å². The summed E-state index contributed by atoms with van der Waals surface area (Å²) in [5.41, 5.74) is 0. The van der Waals surface area contributed by atoms with Gasteiger partial charge < -0.3 is 45.6 Å². The molecular formula is C31H71F3O10Si5. The zero-order valence-corrected chi connectivity index (χ0v) is 37.8. The lowest BCUT2D eigenvalue weighted by Gasteiger charge is -2.44. The Hall–Kier alpha value is 0.474. The van der Waals surface area contributed by atoms with E-state index in [9.17, 15) is 23.4 Å². The first-order chi connectivity index (χ1) is 22.2. The predicted octanol–water partition coefficient (Wildman–Crippen LogP) is 7.67. The Morgan fingerprint density at radius 1 is 0.531 bits per heavy atom. The topological polar surface area (TPSA) is 114 Å². The summed E-state index contributed by atoms with van der Waals surface area (Å²) in [6.45, 7) is 27.9. The third kappa shape index (κ3) is 28.6. The van der Waals surface area contributed by atoms with Gasteiger partial charge in [-0.05, 0) is 124 Å². The summed E-state index contributed by atoms with van der Waals surface area (Å²) in [5.74, 6) is 0. The van der Waals surface area contributed by atoms with Crippen LogP contribution in [0.5, 0.6) is 0 Å². The summed E-state index contributed by atoms with van der Waals surface area (Å²) in [6.07, 6.45) is -4.87. The molecule has 49 heavy (non-hydrogen) atoms. The number of hydrogen-bond acceptors (Lipinski definition) is 10. The molecule has 4 unspecified atom stereocenters. The molecule has 2 N–H and O–H groups in total. The Kier molecular flexibility index (Phi) is 22.9. The van der Waals surface area contributed by atoms with Crippen molar-refractivity contribution in [3.63, 3.8) is 0 Å². The van der Waals surface area contributed by atoms with Gasteiger partial charge in [-0.1, -0.05) is 0 Å². The standard InChI is InChI=1S/C31H71F3O10Si5/c1-27(35)23-39-29(3)25-37-18-15-20-45(5,6)41-47(9,10)43-49(13,22-14-17-31(32,33)34)44-48(11,12)42-46(7,8)21-16-19-38-26-30(4)40-24-28(2)36/h27-30,35-36H,14-26H2,1-13H3. The third-order valence-corrected chi connectivity index (χ3v) is 27.3. The molecule has 0 heterocycles. The molecule has 0 aliphatic carbocycles. The quantitative estimate of drug-likeness (QED) is 0.0578. The van der Waals surface area contributed by atoms with Gasteiger partial charge in [0.2, 0.25) is 0 Å². The fourth-order valence-corrected chi connectivity index (χ4v) is 30.7. The molecule has 0 bridgehead atoms. The zero-order valence-electron chi connectivity index (χ0n) is 32.8. The average Bonchev–Trinajstić information content (AvgIpc) is 2.87. The van der Waals surface area contributed by atoms with Crippen LogP contribution in [-0.2, 0) is 35.4 Å². The van der Waals surface area contributed by atoms with Crippen LogP contribution >= 0.6 is 0 Å². The van der Waals surface area contributed by atoms with Crippen LogP contribution in [0.2, 0.25) is 77.1 Å². The van der Waals surface area contributed by atoms with E-state index in [1.807, 2.05) is 46.6 Å². The number of alkyl halides is 3. The minimum Gasteiger partial charge on any atom is -0.436 e. The second kappa shape index (κ2) is 22.6. The van der Waals surface area contributed by atoms with E-state index in [1.54, 1.807) is 13.8 Å². The van der Waals surface area contributed by atoms with Crippen molar-refractivity contribution in [1.82, 2.24) is 0 Å². The number of aliphatic hydroxyl groups excluding tert-OH is 2. The second-order valence-electron chi connectivity index (χ2n) is 15.7. The summed E-state index contributed by atoms with van der Waals surface area (Å²) >= 11 is 0.